The summed E-state index contributed by atoms with van der Waals surface area (Å²) in [5.74, 6) is -0.238. The van der Waals surface area contributed by atoms with E-state index in [2.05, 4.69) is 0 Å². The standard InChI is InChI=1S/C11H11NO2/c1-2-10(13)12-9-6-4-3-5-8(9)7-11(12)14/h3-6H,2,7H2,1H3. The second-order valence-corrected chi connectivity index (χ2v) is 3.28. The number of anilines is 1. The fraction of sp³-hybridized carbons (Fsp3) is 0.273. The first-order valence-electron chi connectivity index (χ1n) is 4.67. The predicted octanol–water partition coefficient (Wildman–Crippen LogP) is 1.51. The molecule has 0 radical (unpaired) electrons. The van der Waals surface area contributed by atoms with Crippen LogP contribution in [0.1, 0.15) is 18.9 Å². The lowest BCUT2D eigenvalue weighted by Crippen LogP contribution is -2.32. The zero-order valence-electron chi connectivity index (χ0n) is 7.99. The number of hydrogen-bond donors (Lipinski definition) is 0. The Balaban J connectivity index is 2.44. The molecule has 0 fully saturated rings. The van der Waals surface area contributed by atoms with E-state index in [-0.39, 0.29) is 11.8 Å². The van der Waals surface area contributed by atoms with E-state index in [1.165, 1.54) is 4.90 Å². The molecule has 0 saturated carbocycles. The van der Waals surface area contributed by atoms with Crippen LogP contribution in [0, 0.1) is 0 Å². The summed E-state index contributed by atoms with van der Waals surface area (Å²) >= 11 is 0. The van der Waals surface area contributed by atoms with Crippen molar-refractivity contribution in [3.05, 3.63) is 29.8 Å². The highest BCUT2D eigenvalue weighted by molar-refractivity contribution is 6.19. The van der Waals surface area contributed by atoms with Gasteiger partial charge in [-0.1, -0.05) is 25.1 Å². The van der Waals surface area contributed by atoms with Gasteiger partial charge in [0, 0.05) is 6.42 Å². The van der Waals surface area contributed by atoms with Crippen molar-refractivity contribution in [2.45, 2.75) is 19.8 Å². The minimum absolute atomic E-state index is 0.113. The Morgan fingerprint density at radius 3 is 2.86 bits per heavy atom. The monoisotopic (exact) mass is 189 g/mol. The molecule has 1 aromatic rings. The van der Waals surface area contributed by atoms with E-state index in [1.54, 1.807) is 6.92 Å². The number of carbonyl (C=O) groups is 2. The Hall–Kier alpha value is -1.64. The predicted molar refractivity (Wildman–Crippen MR) is 52.9 cm³/mol. The first kappa shape index (κ1) is 8.94. The molecule has 0 saturated heterocycles. The van der Waals surface area contributed by atoms with Gasteiger partial charge in [-0.3, -0.25) is 14.5 Å². The van der Waals surface area contributed by atoms with Gasteiger partial charge in [0.1, 0.15) is 0 Å². The van der Waals surface area contributed by atoms with Gasteiger partial charge in [-0.2, -0.15) is 0 Å². The number of benzene rings is 1. The average Bonchev–Trinajstić information content (AvgIpc) is 2.53. The average molecular weight is 189 g/mol. The van der Waals surface area contributed by atoms with Crippen LogP contribution in [0.25, 0.3) is 0 Å². The lowest BCUT2D eigenvalue weighted by molar-refractivity contribution is -0.125. The van der Waals surface area contributed by atoms with Crippen LogP contribution >= 0.6 is 0 Å². The summed E-state index contributed by atoms with van der Waals surface area (Å²) in [6, 6.07) is 7.42. The zero-order valence-corrected chi connectivity index (χ0v) is 7.99. The van der Waals surface area contributed by atoms with E-state index in [9.17, 15) is 9.59 Å². The van der Waals surface area contributed by atoms with E-state index in [4.69, 9.17) is 0 Å². The van der Waals surface area contributed by atoms with Gasteiger partial charge < -0.3 is 0 Å². The smallest absolute Gasteiger partial charge is 0.238 e. The number of nitrogens with zero attached hydrogens (tertiary/aromatic N) is 1. The number of rotatable bonds is 1. The summed E-state index contributed by atoms with van der Waals surface area (Å²) in [5.41, 5.74) is 1.70. The number of carbonyl (C=O) groups excluding carboxylic acids is 2. The van der Waals surface area contributed by atoms with Crippen molar-refractivity contribution < 1.29 is 9.59 Å². The molecule has 0 spiro atoms. The molecule has 1 aromatic carbocycles. The molecule has 0 aliphatic carbocycles. The quantitative estimate of drug-likeness (QED) is 0.671. The summed E-state index contributed by atoms with van der Waals surface area (Å²) < 4.78 is 0. The SMILES string of the molecule is CCC(=O)N1C(=O)Cc2ccccc21. The topological polar surface area (TPSA) is 37.4 Å². The Bertz CT molecular complexity index is 390. The zero-order chi connectivity index (χ0) is 10.1. The van der Waals surface area contributed by atoms with Crippen LogP contribution in [-0.2, 0) is 16.0 Å². The Kier molecular flexibility index (Phi) is 2.08. The fourth-order valence-corrected chi connectivity index (χ4v) is 1.69. The third-order valence-corrected chi connectivity index (χ3v) is 2.38. The van der Waals surface area contributed by atoms with Crippen molar-refractivity contribution in [3.63, 3.8) is 0 Å². The summed E-state index contributed by atoms with van der Waals surface area (Å²) in [5, 5.41) is 0. The largest absolute Gasteiger partial charge is 0.274 e. The second-order valence-electron chi connectivity index (χ2n) is 3.28. The van der Waals surface area contributed by atoms with Crippen LogP contribution in [0.4, 0.5) is 5.69 Å². The molecule has 0 unspecified atom stereocenters. The van der Waals surface area contributed by atoms with Crippen LogP contribution in [0.5, 0.6) is 0 Å². The summed E-state index contributed by atoms with van der Waals surface area (Å²) in [4.78, 5) is 24.3. The van der Waals surface area contributed by atoms with Crippen LogP contribution in [0.2, 0.25) is 0 Å². The molecular formula is C11H11NO2. The number of amides is 2. The third kappa shape index (κ3) is 1.21. The van der Waals surface area contributed by atoms with Gasteiger partial charge in [-0.25, -0.2) is 0 Å². The lowest BCUT2D eigenvalue weighted by atomic mass is 10.2. The molecule has 14 heavy (non-hydrogen) atoms. The van der Waals surface area contributed by atoms with E-state index in [0.717, 1.165) is 11.3 Å². The van der Waals surface area contributed by atoms with E-state index in [0.29, 0.717) is 12.8 Å². The number of fused-ring (bicyclic) bond motifs is 1. The summed E-state index contributed by atoms with van der Waals surface area (Å²) in [7, 11) is 0. The van der Waals surface area contributed by atoms with Gasteiger partial charge in [0.15, 0.2) is 0 Å². The molecule has 0 atom stereocenters. The Labute approximate surface area is 82.3 Å². The van der Waals surface area contributed by atoms with Crippen LogP contribution in [-0.4, -0.2) is 11.8 Å². The fourth-order valence-electron chi connectivity index (χ4n) is 1.69. The minimum Gasteiger partial charge on any atom is -0.274 e. The molecule has 2 amide bonds. The normalized spacial score (nSPS) is 14.4. The molecule has 1 aliphatic heterocycles. The highest BCUT2D eigenvalue weighted by atomic mass is 16.2. The van der Waals surface area contributed by atoms with Crippen molar-refractivity contribution in [3.8, 4) is 0 Å². The van der Waals surface area contributed by atoms with Gasteiger partial charge in [-0.05, 0) is 11.6 Å². The van der Waals surface area contributed by atoms with Crippen molar-refractivity contribution in [1.29, 1.82) is 0 Å². The molecule has 72 valence electrons. The van der Waals surface area contributed by atoms with Gasteiger partial charge in [0.05, 0.1) is 12.1 Å². The molecule has 3 nitrogen and oxygen atoms in total. The first-order valence-corrected chi connectivity index (χ1v) is 4.67. The van der Waals surface area contributed by atoms with E-state index >= 15 is 0 Å². The van der Waals surface area contributed by atoms with Gasteiger partial charge >= 0.3 is 0 Å². The third-order valence-electron chi connectivity index (χ3n) is 2.38. The molecule has 1 aliphatic rings. The van der Waals surface area contributed by atoms with Crippen LogP contribution in [0.15, 0.2) is 24.3 Å². The van der Waals surface area contributed by atoms with Gasteiger partial charge in [0.25, 0.3) is 0 Å². The highest BCUT2D eigenvalue weighted by Gasteiger charge is 2.30. The van der Waals surface area contributed by atoms with Crippen molar-refractivity contribution in [2.75, 3.05) is 4.90 Å². The molecule has 2 rings (SSSR count). The van der Waals surface area contributed by atoms with E-state index in [1.807, 2.05) is 24.3 Å². The van der Waals surface area contributed by atoms with Crippen LogP contribution in [0.3, 0.4) is 0 Å². The van der Waals surface area contributed by atoms with E-state index < -0.39 is 0 Å². The van der Waals surface area contributed by atoms with Gasteiger partial charge in [0.2, 0.25) is 11.8 Å². The lowest BCUT2D eigenvalue weighted by Gasteiger charge is -2.13. The van der Waals surface area contributed by atoms with Crippen molar-refractivity contribution in [1.82, 2.24) is 0 Å². The second kappa shape index (κ2) is 3.25. The molecule has 3 heteroatoms. The maximum absolute atomic E-state index is 11.5. The Morgan fingerprint density at radius 2 is 2.14 bits per heavy atom. The Morgan fingerprint density at radius 1 is 1.43 bits per heavy atom. The molecule has 0 N–H and O–H groups in total. The molecule has 0 aromatic heterocycles. The van der Waals surface area contributed by atoms with Crippen molar-refractivity contribution >= 4 is 17.5 Å². The summed E-state index contributed by atoms with van der Waals surface area (Å²) in [6.07, 6.45) is 0.710. The minimum atomic E-state index is -0.125. The number of imide groups is 1. The van der Waals surface area contributed by atoms with Gasteiger partial charge in [-0.15, -0.1) is 0 Å². The molecule has 0 bridgehead atoms. The molecular weight excluding hydrogens is 178 g/mol. The maximum Gasteiger partial charge on any atom is 0.238 e. The summed E-state index contributed by atoms with van der Waals surface area (Å²) in [6.45, 7) is 1.76. The maximum atomic E-state index is 11.5. The number of hydrogen-bond acceptors (Lipinski definition) is 2. The first-order chi connectivity index (χ1) is 6.74. The highest BCUT2D eigenvalue weighted by Crippen LogP contribution is 2.28. The van der Waals surface area contributed by atoms with Crippen LogP contribution < -0.4 is 4.90 Å². The number of para-hydroxylation sites is 1. The molecule has 1 heterocycles. The van der Waals surface area contributed by atoms with Crippen molar-refractivity contribution in [2.24, 2.45) is 0 Å².